The van der Waals surface area contributed by atoms with Crippen molar-refractivity contribution >= 4 is 17.5 Å². The molecule has 0 aromatic carbocycles. The number of aryl methyl sites for hydroxylation is 2. The van der Waals surface area contributed by atoms with Crippen molar-refractivity contribution in [3.63, 3.8) is 0 Å². The summed E-state index contributed by atoms with van der Waals surface area (Å²) in [6.45, 7) is 3.25. The van der Waals surface area contributed by atoms with E-state index in [0.717, 1.165) is 24.2 Å². The number of carbonyl (C=O) groups excluding carboxylic acids is 1. The Kier molecular flexibility index (Phi) is 4.97. The lowest BCUT2D eigenvalue weighted by atomic mass is 10.1. The summed E-state index contributed by atoms with van der Waals surface area (Å²) in [4.78, 5) is 34.5. The molecule has 2 N–H and O–H groups in total. The Balaban J connectivity index is 1.53. The summed E-state index contributed by atoms with van der Waals surface area (Å²) in [7, 11) is 1.72. The van der Waals surface area contributed by atoms with Crippen molar-refractivity contribution < 1.29 is 4.79 Å². The van der Waals surface area contributed by atoms with Crippen molar-refractivity contribution in [2.45, 2.75) is 25.8 Å². The van der Waals surface area contributed by atoms with Crippen LogP contribution >= 0.6 is 0 Å². The number of nitrogens with zero attached hydrogens (tertiary/aromatic N) is 4. The molecule has 2 aromatic heterocycles. The average Bonchev–Trinajstić information content (AvgIpc) is 2.58. The molecule has 1 fully saturated rings. The highest BCUT2D eigenvalue weighted by Crippen LogP contribution is 2.15. The van der Waals surface area contributed by atoms with E-state index in [4.69, 9.17) is 0 Å². The summed E-state index contributed by atoms with van der Waals surface area (Å²) in [5.41, 5.74) is 1.47. The summed E-state index contributed by atoms with van der Waals surface area (Å²) in [5, 5.41) is 5.80. The first-order chi connectivity index (χ1) is 12.0. The van der Waals surface area contributed by atoms with E-state index in [-0.39, 0.29) is 17.6 Å². The molecule has 0 aliphatic carbocycles. The molecule has 8 heteroatoms. The molecule has 1 saturated heterocycles. The molecule has 0 bridgehead atoms. The Hall–Kier alpha value is -2.90. The third-order valence-electron chi connectivity index (χ3n) is 4.28. The van der Waals surface area contributed by atoms with Gasteiger partial charge in [0.2, 0.25) is 0 Å². The third-order valence-corrected chi connectivity index (χ3v) is 4.28. The molecule has 132 valence electrons. The van der Waals surface area contributed by atoms with Gasteiger partial charge in [-0.1, -0.05) is 0 Å². The molecule has 3 heterocycles. The van der Waals surface area contributed by atoms with E-state index in [0.29, 0.717) is 18.9 Å². The normalized spacial score (nSPS) is 15.0. The molecule has 0 atom stereocenters. The largest absolute Gasteiger partial charge is 0.352 e. The maximum Gasteiger partial charge on any atom is 0.319 e. The Morgan fingerprint density at radius 3 is 2.72 bits per heavy atom. The predicted octanol–water partition coefficient (Wildman–Crippen LogP) is 1.27. The fourth-order valence-corrected chi connectivity index (χ4v) is 2.91. The van der Waals surface area contributed by atoms with Crippen LogP contribution < -0.4 is 21.1 Å². The van der Waals surface area contributed by atoms with Gasteiger partial charge in [0.15, 0.2) is 5.82 Å². The maximum absolute atomic E-state index is 12.1. The molecule has 0 unspecified atom stereocenters. The summed E-state index contributed by atoms with van der Waals surface area (Å²) in [6, 6.07) is 3.43. The number of piperidine rings is 1. The van der Waals surface area contributed by atoms with E-state index in [1.165, 1.54) is 4.57 Å². The molecule has 3 rings (SSSR count). The molecule has 25 heavy (non-hydrogen) atoms. The van der Waals surface area contributed by atoms with Crippen molar-refractivity contribution in [1.82, 2.24) is 19.9 Å². The topological polar surface area (TPSA) is 92.2 Å². The number of hydrogen-bond acceptors (Lipinski definition) is 5. The molecular weight excluding hydrogens is 320 g/mol. The van der Waals surface area contributed by atoms with Crippen LogP contribution in [0.25, 0.3) is 0 Å². The van der Waals surface area contributed by atoms with E-state index < -0.39 is 0 Å². The second kappa shape index (κ2) is 7.33. The van der Waals surface area contributed by atoms with E-state index in [9.17, 15) is 9.59 Å². The molecule has 8 nitrogen and oxygen atoms in total. The second-order valence-electron chi connectivity index (χ2n) is 6.21. The van der Waals surface area contributed by atoms with Gasteiger partial charge >= 0.3 is 6.03 Å². The molecule has 0 spiro atoms. The van der Waals surface area contributed by atoms with Gasteiger partial charge in [0, 0.05) is 56.2 Å². The van der Waals surface area contributed by atoms with Gasteiger partial charge in [0.25, 0.3) is 5.56 Å². The van der Waals surface area contributed by atoms with Gasteiger partial charge in [0.05, 0.1) is 0 Å². The summed E-state index contributed by atoms with van der Waals surface area (Å²) in [5.74, 6) is 0.472. The first-order valence-electron chi connectivity index (χ1n) is 8.29. The standard InChI is InChI=1S/C17H22N6O2/c1-12-11-14(3-6-18-12)21-17(25)20-13-4-8-23(9-5-13)15-16(24)22(2)10-7-19-15/h3,6-7,10-11,13H,4-5,8-9H2,1-2H3,(H2,18,20,21,25). The van der Waals surface area contributed by atoms with Crippen LogP contribution in [0.3, 0.4) is 0 Å². The number of hydrogen-bond donors (Lipinski definition) is 2. The van der Waals surface area contributed by atoms with Gasteiger partial charge in [-0.15, -0.1) is 0 Å². The first kappa shape index (κ1) is 16.9. The number of urea groups is 1. The van der Waals surface area contributed by atoms with E-state index in [2.05, 4.69) is 20.6 Å². The van der Waals surface area contributed by atoms with Crippen molar-refractivity contribution in [3.05, 3.63) is 46.8 Å². The zero-order valence-electron chi connectivity index (χ0n) is 14.4. The lowest BCUT2D eigenvalue weighted by Gasteiger charge is -2.32. The number of rotatable bonds is 3. The van der Waals surface area contributed by atoms with Gasteiger partial charge in [-0.25, -0.2) is 9.78 Å². The zero-order chi connectivity index (χ0) is 17.8. The Labute approximate surface area is 145 Å². The van der Waals surface area contributed by atoms with Crippen LogP contribution in [0.15, 0.2) is 35.5 Å². The molecule has 2 amide bonds. The molecular formula is C17H22N6O2. The highest BCUT2D eigenvalue weighted by molar-refractivity contribution is 5.89. The number of anilines is 2. The van der Waals surface area contributed by atoms with E-state index in [1.54, 1.807) is 31.7 Å². The highest BCUT2D eigenvalue weighted by Gasteiger charge is 2.23. The predicted molar refractivity (Wildman–Crippen MR) is 95.8 cm³/mol. The quantitative estimate of drug-likeness (QED) is 0.876. The minimum Gasteiger partial charge on any atom is -0.352 e. The number of carbonyl (C=O) groups is 1. The van der Waals surface area contributed by atoms with Crippen LogP contribution in [0.1, 0.15) is 18.5 Å². The zero-order valence-corrected chi connectivity index (χ0v) is 14.4. The second-order valence-corrected chi connectivity index (χ2v) is 6.21. The summed E-state index contributed by atoms with van der Waals surface area (Å²) >= 11 is 0. The van der Waals surface area contributed by atoms with Crippen molar-refractivity contribution in [2.75, 3.05) is 23.3 Å². The van der Waals surface area contributed by atoms with Gasteiger partial charge in [0.1, 0.15) is 0 Å². The summed E-state index contributed by atoms with van der Waals surface area (Å²) in [6.07, 6.45) is 6.47. The van der Waals surface area contributed by atoms with Crippen LogP contribution in [-0.4, -0.2) is 39.7 Å². The van der Waals surface area contributed by atoms with E-state index >= 15 is 0 Å². The smallest absolute Gasteiger partial charge is 0.319 e. The van der Waals surface area contributed by atoms with Crippen molar-refractivity contribution in [1.29, 1.82) is 0 Å². The third kappa shape index (κ3) is 4.14. The molecule has 1 aliphatic heterocycles. The number of amides is 2. The maximum atomic E-state index is 12.1. The molecule has 1 aliphatic rings. The minimum atomic E-state index is -0.224. The van der Waals surface area contributed by atoms with E-state index in [1.807, 2.05) is 17.9 Å². The van der Waals surface area contributed by atoms with Crippen LogP contribution in [0.5, 0.6) is 0 Å². The van der Waals surface area contributed by atoms with Crippen LogP contribution in [0, 0.1) is 6.92 Å². The minimum absolute atomic E-state index is 0.0757. The first-order valence-corrected chi connectivity index (χ1v) is 8.29. The SMILES string of the molecule is Cc1cc(NC(=O)NC2CCN(c3nccn(C)c3=O)CC2)ccn1. The monoisotopic (exact) mass is 342 g/mol. The van der Waals surface area contributed by atoms with Crippen molar-refractivity contribution in [2.24, 2.45) is 7.05 Å². The fraction of sp³-hybridized carbons (Fsp3) is 0.412. The van der Waals surface area contributed by atoms with Gasteiger partial charge < -0.3 is 20.1 Å². The highest BCUT2D eigenvalue weighted by atomic mass is 16.2. The lowest BCUT2D eigenvalue weighted by Crippen LogP contribution is -2.47. The Bertz CT molecular complexity index is 811. The lowest BCUT2D eigenvalue weighted by molar-refractivity contribution is 0.246. The Morgan fingerprint density at radius 2 is 2.00 bits per heavy atom. The van der Waals surface area contributed by atoms with Gasteiger partial charge in [-0.3, -0.25) is 9.78 Å². The van der Waals surface area contributed by atoms with Gasteiger partial charge in [-0.05, 0) is 31.9 Å². The fourth-order valence-electron chi connectivity index (χ4n) is 2.91. The van der Waals surface area contributed by atoms with Gasteiger partial charge in [-0.2, -0.15) is 0 Å². The molecule has 2 aromatic rings. The van der Waals surface area contributed by atoms with Crippen LogP contribution in [-0.2, 0) is 7.05 Å². The van der Waals surface area contributed by atoms with Crippen molar-refractivity contribution in [3.8, 4) is 0 Å². The summed E-state index contributed by atoms with van der Waals surface area (Å²) < 4.78 is 1.52. The molecule has 0 saturated carbocycles. The number of pyridine rings is 1. The average molecular weight is 342 g/mol. The number of aromatic nitrogens is 3. The molecule has 0 radical (unpaired) electrons. The number of nitrogens with one attached hydrogen (secondary N) is 2. The van der Waals surface area contributed by atoms with Crippen LogP contribution in [0.2, 0.25) is 0 Å². The Morgan fingerprint density at radius 1 is 1.24 bits per heavy atom. The van der Waals surface area contributed by atoms with Crippen LogP contribution in [0.4, 0.5) is 16.3 Å².